The van der Waals surface area contributed by atoms with Crippen LogP contribution in [0.3, 0.4) is 0 Å². The van der Waals surface area contributed by atoms with Crippen molar-refractivity contribution in [1.82, 2.24) is 5.32 Å². The maximum atomic E-state index is 13.3. The summed E-state index contributed by atoms with van der Waals surface area (Å²) >= 11 is 0. The first-order valence-corrected chi connectivity index (χ1v) is 11.3. The Balaban J connectivity index is 0.00000240. The molecule has 0 aromatic rings. The summed E-state index contributed by atoms with van der Waals surface area (Å²) in [5.74, 6) is 2.27. The van der Waals surface area contributed by atoms with Crippen molar-refractivity contribution in [3.8, 4) is 0 Å². The van der Waals surface area contributed by atoms with Crippen LogP contribution in [0.4, 0.5) is 0 Å². The first kappa shape index (κ1) is 22.7. The van der Waals surface area contributed by atoms with Gasteiger partial charge in [-0.25, -0.2) is 0 Å². The highest BCUT2D eigenvalue weighted by atomic mass is 35.5. The molecule has 4 aliphatic carbocycles. The number of Topliss-reactive ketones (excluding diaryl/α,β-unsaturated/α-hetero) is 2. The molecule has 4 saturated carbocycles. The Kier molecular flexibility index (Phi) is 6.51. The van der Waals surface area contributed by atoms with E-state index in [2.05, 4.69) is 19.2 Å². The molecule has 5 nitrogen and oxygen atoms in total. The molecule has 1 unspecified atom stereocenters. The van der Waals surface area contributed by atoms with Crippen LogP contribution in [0.5, 0.6) is 0 Å². The Morgan fingerprint density at radius 2 is 1.90 bits per heavy atom. The molecule has 4 fully saturated rings. The monoisotopic (exact) mass is 424 g/mol. The second-order valence-corrected chi connectivity index (χ2v) is 10.5. The minimum atomic E-state index is -0.182. The van der Waals surface area contributed by atoms with Crippen molar-refractivity contribution in [3.05, 3.63) is 0 Å². The number of ketones is 2. The topological polar surface area (TPSA) is 89.3 Å². The van der Waals surface area contributed by atoms with E-state index in [-0.39, 0.29) is 41.1 Å². The van der Waals surface area contributed by atoms with Gasteiger partial charge in [0.15, 0.2) is 0 Å². The van der Waals surface area contributed by atoms with Crippen LogP contribution in [0.15, 0.2) is 0 Å². The van der Waals surface area contributed by atoms with Crippen LogP contribution >= 0.6 is 12.4 Å². The van der Waals surface area contributed by atoms with Crippen molar-refractivity contribution in [2.24, 2.45) is 40.2 Å². The summed E-state index contributed by atoms with van der Waals surface area (Å²) in [6.45, 7) is 5.02. The largest absolute Gasteiger partial charge is 0.353 e. The number of hydrogen-bond donors (Lipinski definition) is 2. The molecule has 7 atom stereocenters. The molecule has 0 spiro atoms. The van der Waals surface area contributed by atoms with Gasteiger partial charge in [-0.15, -0.1) is 12.4 Å². The number of nitrogens with two attached hydrogens (primary N) is 1. The highest BCUT2D eigenvalue weighted by Crippen LogP contribution is 2.64. The van der Waals surface area contributed by atoms with Gasteiger partial charge in [0, 0.05) is 36.6 Å². The molecule has 0 heterocycles. The second-order valence-electron chi connectivity index (χ2n) is 10.5. The molecule has 1 amide bonds. The average Bonchev–Trinajstić information content (AvgIpc) is 2.96. The van der Waals surface area contributed by atoms with Crippen LogP contribution in [0.1, 0.15) is 78.1 Å². The predicted molar refractivity (Wildman–Crippen MR) is 115 cm³/mol. The zero-order chi connectivity index (χ0) is 20.1. The predicted octanol–water partition coefficient (Wildman–Crippen LogP) is 3.42. The van der Waals surface area contributed by atoms with Gasteiger partial charge >= 0.3 is 0 Å². The van der Waals surface area contributed by atoms with E-state index < -0.39 is 0 Å². The summed E-state index contributed by atoms with van der Waals surface area (Å²) in [6.07, 6.45) is 8.33. The van der Waals surface area contributed by atoms with Gasteiger partial charge in [0.05, 0.1) is 0 Å². The lowest BCUT2D eigenvalue weighted by Crippen LogP contribution is -2.58. The van der Waals surface area contributed by atoms with E-state index in [0.29, 0.717) is 61.5 Å². The molecule has 0 bridgehead atoms. The van der Waals surface area contributed by atoms with Gasteiger partial charge in [-0.1, -0.05) is 13.8 Å². The van der Waals surface area contributed by atoms with E-state index in [1.807, 2.05) is 0 Å². The number of halogens is 1. The van der Waals surface area contributed by atoms with Gasteiger partial charge < -0.3 is 11.1 Å². The first-order chi connectivity index (χ1) is 13.3. The number of carbonyl (C=O) groups is 3. The SMILES string of the molecule is C[C@]12CCC(NC(=O)CCCN)C[C@@H]1C(=O)C[C@@H]1[C@@H]2CC[C@]2(C)C(=O)CC[C@@H]12.Cl. The summed E-state index contributed by atoms with van der Waals surface area (Å²) in [4.78, 5) is 37.9. The number of amides is 1. The van der Waals surface area contributed by atoms with E-state index in [0.717, 1.165) is 38.5 Å². The van der Waals surface area contributed by atoms with Gasteiger partial charge in [0.1, 0.15) is 11.6 Å². The highest BCUT2D eigenvalue weighted by molar-refractivity contribution is 5.88. The van der Waals surface area contributed by atoms with Gasteiger partial charge in [-0.05, 0) is 74.7 Å². The molecule has 164 valence electrons. The molecular formula is C23H37ClN2O3. The standard InChI is InChI=1S/C23H36N2O3.ClH/c1-22-9-7-14(25-21(28)4-3-11-24)12-18(22)19(26)13-15-16-5-6-20(27)23(16,2)10-8-17(15)22;/h14-18H,3-13,24H2,1-2H3,(H,25,28);1H/t14?,15-,16-,17-,18+,22+,23-;/m0./s1. The van der Waals surface area contributed by atoms with Crippen molar-refractivity contribution in [3.63, 3.8) is 0 Å². The summed E-state index contributed by atoms with van der Waals surface area (Å²) < 4.78 is 0. The Morgan fingerprint density at radius 1 is 1.14 bits per heavy atom. The van der Waals surface area contributed by atoms with Crippen LogP contribution in [-0.4, -0.2) is 30.1 Å². The average molecular weight is 425 g/mol. The van der Waals surface area contributed by atoms with Crippen molar-refractivity contribution < 1.29 is 14.4 Å². The number of hydrogen-bond acceptors (Lipinski definition) is 4. The maximum absolute atomic E-state index is 13.3. The van der Waals surface area contributed by atoms with Crippen molar-refractivity contribution >= 4 is 29.9 Å². The lowest BCUT2D eigenvalue weighted by molar-refractivity contribution is -0.157. The minimum absolute atomic E-state index is 0. The molecule has 0 aliphatic heterocycles. The van der Waals surface area contributed by atoms with Gasteiger partial charge in [0.2, 0.25) is 5.91 Å². The molecule has 3 N–H and O–H groups in total. The fourth-order valence-corrected chi connectivity index (χ4v) is 7.50. The smallest absolute Gasteiger partial charge is 0.220 e. The van der Waals surface area contributed by atoms with Crippen molar-refractivity contribution in [2.45, 2.75) is 84.1 Å². The second kappa shape index (κ2) is 8.30. The van der Waals surface area contributed by atoms with Crippen molar-refractivity contribution in [2.75, 3.05) is 6.54 Å². The normalized spacial score (nSPS) is 43.6. The van der Waals surface area contributed by atoms with Crippen molar-refractivity contribution in [1.29, 1.82) is 0 Å². The molecular weight excluding hydrogens is 388 g/mol. The minimum Gasteiger partial charge on any atom is -0.353 e. The first-order valence-electron chi connectivity index (χ1n) is 11.3. The van der Waals surface area contributed by atoms with Gasteiger partial charge in [-0.2, -0.15) is 0 Å². The summed E-state index contributed by atoms with van der Waals surface area (Å²) in [5, 5.41) is 3.15. The number of rotatable bonds is 4. The summed E-state index contributed by atoms with van der Waals surface area (Å²) in [6, 6.07) is 0.116. The molecule has 0 aromatic heterocycles. The Labute approximate surface area is 180 Å². The third-order valence-electron chi connectivity index (χ3n) is 9.14. The van der Waals surface area contributed by atoms with E-state index in [1.54, 1.807) is 0 Å². The van der Waals surface area contributed by atoms with E-state index in [1.165, 1.54) is 0 Å². The van der Waals surface area contributed by atoms with Crippen LogP contribution in [0, 0.1) is 34.5 Å². The fourth-order valence-electron chi connectivity index (χ4n) is 7.50. The molecule has 4 aliphatic rings. The van der Waals surface area contributed by atoms with E-state index in [9.17, 15) is 14.4 Å². The molecule has 4 rings (SSSR count). The lowest BCUT2D eigenvalue weighted by atomic mass is 9.45. The molecule has 6 heteroatoms. The lowest BCUT2D eigenvalue weighted by Gasteiger charge is -2.59. The molecule has 0 radical (unpaired) electrons. The molecule has 0 aromatic carbocycles. The summed E-state index contributed by atoms with van der Waals surface area (Å²) in [7, 11) is 0. The van der Waals surface area contributed by atoms with Crippen LogP contribution in [0.2, 0.25) is 0 Å². The fraction of sp³-hybridized carbons (Fsp3) is 0.870. The zero-order valence-electron chi connectivity index (χ0n) is 17.9. The number of carbonyl (C=O) groups excluding carboxylic acids is 3. The molecule has 29 heavy (non-hydrogen) atoms. The number of fused-ring (bicyclic) bond motifs is 5. The zero-order valence-corrected chi connectivity index (χ0v) is 18.7. The molecule has 0 saturated heterocycles. The van der Waals surface area contributed by atoms with Crippen LogP contribution < -0.4 is 11.1 Å². The van der Waals surface area contributed by atoms with E-state index >= 15 is 0 Å². The third-order valence-corrected chi connectivity index (χ3v) is 9.14. The van der Waals surface area contributed by atoms with Crippen LogP contribution in [0.25, 0.3) is 0 Å². The summed E-state index contributed by atoms with van der Waals surface area (Å²) in [5.41, 5.74) is 5.36. The third kappa shape index (κ3) is 3.67. The Hall–Kier alpha value is -0.940. The quantitative estimate of drug-likeness (QED) is 0.723. The van der Waals surface area contributed by atoms with E-state index in [4.69, 9.17) is 5.73 Å². The van der Waals surface area contributed by atoms with Crippen LogP contribution in [-0.2, 0) is 14.4 Å². The van der Waals surface area contributed by atoms with Gasteiger partial charge in [0.25, 0.3) is 0 Å². The number of nitrogens with one attached hydrogen (secondary N) is 1. The Bertz CT molecular complexity index is 683. The Morgan fingerprint density at radius 3 is 2.62 bits per heavy atom. The maximum Gasteiger partial charge on any atom is 0.220 e. The highest BCUT2D eigenvalue weighted by Gasteiger charge is 2.62. The van der Waals surface area contributed by atoms with Gasteiger partial charge in [-0.3, -0.25) is 14.4 Å².